The van der Waals surface area contributed by atoms with Gasteiger partial charge in [0, 0.05) is 12.2 Å². The first-order valence-electron chi connectivity index (χ1n) is 7.95. The van der Waals surface area contributed by atoms with Crippen LogP contribution in [-0.4, -0.2) is 44.5 Å². The second kappa shape index (κ2) is 5.61. The van der Waals surface area contributed by atoms with Gasteiger partial charge in [0.05, 0.1) is 6.04 Å². The Bertz CT molecular complexity index is 632. The summed E-state index contributed by atoms with van der Waals surface area (Å²) in [6.45, 7) is 1.18. The summed E-state index contributed by atoms with van der Waals surface area (Å²) in [6.07, 6.45) is 6.89. The number of rotatable bonds is 2. The van der Waals surface area contributed by atoms with Crippen LogP contribution in [0.5, 0.6) is 0 Å². The molecule has 2 aliphatic rings. The minimum Gasteiger partial charge on any atom is -0.308 e. The predicted molar refractivity (Wildman–Crippen MR) is 87.7 cm³/mol. The lowest BCUT2D eigenvalue weighted by atomic mass is 10.1. The van der Waals surface area contributed by atoms with Gasteiger partial charge < -0.3 is 4.57 Å². The quantitative estimate of drug-likeness (QED) is 0.852. The van der Waals surface area contributed by atoms with Crippen LogP contribution in [0.3, 0.4) is 0 Å². The van der Waals surface area contributed by atoms with Crippen LogP contribution in [0.2, 0.25) is 0 Å². The van der Waals surface area contributed by atoms with E-state index in [9.17, 15) is 0 Å². The van der Waals surface area contributed by atoms with Gasteiger partial charge in [0.1, 0.15) is 11.3 Å². The third-order valence-corrected chi connectivity index (χ3v) is 5.90. The van der Waals surface area contributed by atoms with E-state index in [4.69, 9.17) is 4.98 Å². The van der Waals surface area contributed by atoms with Gasteiger partial charge in [0.25, 0.3) is 0 Å². The van der Waals surface area contributed by atoms with Gasteiger partial charge in [-0.15, -0.1) is 0 Å². The van der Waals surface area contributed by atoms with Gasteiger partial charge in [-0.2, -0.15) is 11.8 Å². The van der Waals surface area contributed by atoms with Crippen LogP contribution in [0, 0.1) is 0 Å². The Morgan fingerprint density at radius 1 is 1.24 bits per heavy atom. The number of aromatic nitrogens is 3. The van der Waals surface area contributed by atoms with Crippen molar-refractivity contribution in [2.24, 2.45) is 0 Å². The third kappa shape index (κ3) is 2.36. The standard InChI is InChI=1S/C16H22N4S/c1-19-9-3-5-14(19)16-18-13-4-2-8-17-15(13)20(16)12-6-10-21-11-7-12/h2,4,8,12,14H,3,5-7,9-11H2,1H3. The van der Waals surface area contributed by atoms with Crippen LogP contribution in [0.1, 0.15) is 43.6 Å². The van der Waals surface area contributed by atoms with Crippen molar-refractivity contribution < 1.29 is 0 Å². The molecule has 0 radical (unpaired) electrons. The van der Waals surface area contributed by atoms with Crippen molar-refractivity contribution in [3.8, 4) is 0 Å². The summed E-state index contributed by atoms with van der Waals surface area (Å²) in [6, 6.07) is 5.15. The summed E-state index contributed by atoms with van der Waals surface area (Å²) in [5, 5.41) is 0. The van der Waals surface area contributed by atoms with Gasteiger partial charge in [-0.3, -0.25) is 4.90 Å². The van der Waals surface area contributed by atoms with Gasteiger partial charge in [-0.1, -0.05) is 0 Å². The van der Waals surface area contributed by atoms with Crippen molar-refractivity contribution in [1.82, 2.24) is 19.4 Å². The topological polar surface area (TPSA) is 34.0 Å². The van der Waals surface area contributed by atoms with E-state index in [1.807, 2.05) is 12.3 Å². The van der Waals surface area contributed by atoms with Crippen molar-refractivity contribution in [3.05, 3.63) is 24.2 Å². The first kappa shape index (κ1) is 13.6. The first-order valence-corrected chi connectivity index (χ1v) is 9.11. The molecule has 0 saturated carbocycles. The van der Waals surface area contributed by atoms with Crippen molar-refractivity contribution in [3.63, 3.8) is 0 Å². The lowest BCUT2D eigenvalue weighted by molar-refractivity contribution is 0.290. The Morgan fingerprint density at radius 3 is 2.86 bits per heavy atom. The summed E-state index contributed by atoms with van der Waals surface area (Å²) in [7, 11) is 2.23. The van der Waals surface area contributed by atoms with Crippen LogP contribution < -0.4 is 0 Å². The zero-order valence-electron chi connectivity index (χ0n) is 12.5. The minimum absolute atomic E-state index is 0.466. The highest BCUT2D eigenvalue weighted by molar-refractivity contribution is 7.99. The number of imidazole rings is 1. The number of pyridine rings is 1. The van der Waals surface area contributed by atoms with Crippen LogP contribution in [-0.2, 0) is 0 Å². The molecule has 0 bridgehead atoms. The molecule has 21 heavy (non-hydrogen) atoms. The van der Waals surface area contributed by atoms with Crippen LogP contribution in [0.15, 0.2) is 18.3 Å². The van der Waals surface area contributed by atoms with E-state index >= 15 is 0 Å². The molecule has 1 atom stereocenters. The van der Waals surface area contributed by atoms with Crippen LogP contribution >= 0.6 is 11.8 Å². The zero-order valence-corrected chi connectivity index (χ0v) is 13.4. The minimum atomic E-state index is 0.466. The van der Waals surface area contributed by atoms with Crippen LogP contribution in [0.4, 0.5) is 0 Å². The fraction of sp³-hybridized carbons (Fsp3) is 0.625. The highest BCUT2D eigenvalue weighted by Crippen LogP contribution is 2.37. The summed E-state index contributed by atoms with van der Waals surface area (Å²) >= 11 is 2.08. The molecule has 0 N–H and O–H groups in total. The Morgan fingerprint density at radius 2 is 2.10 bits per heavy atom. The van der Waals surface area contributed by atoms with E-state index in [1.165, 1.54) is 49.6 Å². The first-order chi connectivity index (χ1) is 10.3. The second-order valence-electron chi connectivity index (χ2n) is 6.17. The molecule has 4 nitrogen and oxygen atoms in total. The maximum atomic E-state index is 4.97. The summed E-state index contributed by atoms with van der Waals surface area (Å²) in [4.78, 5) is 12.1. The molecule has 2 aromatic rings. The molecule has 112 valence electrons. The summed E-state index contributed by atoms with van der Waals surface area (Å²) in [5.41, 5.74) is 2.15. The zero-order chi connectivity index (χ0) is 14.2. The van der Waals surface area contributed by atoms with Crippen molar-refractivity contribution >= 4 is 22.9 Å². The maximum absolute atomic E-state index is 4.97. The van der Waals surface area contributed by atoms with Crippen molar-refractivity contribution in [1.29, 1.82) is 0 Å². The summed E-state index contributed by atoms with van der Waals surface area (Å²) < 4.78 is 2.47. The maximum Gasteiger partial charge on any atom is 0.160 e. The molecule has 0 amide bonds. The van der Waals surface area contributed by atoms with Crippen molar-refractivity contribution in [2.45, 2.75) is 37.8 Å². The Hall–Kier alpha value is -1.07. The lowest BCUT2D eigenvalue weighted by Crippen LogP contribution is -2.24. The van der Waals surface area contributed by atoms with E-state index in [-0.39, 0.29) is 0 Å². The predicted octanol–water partition coefficient (Wildman–Crippen LogP) is 3.27. The Balaban J connectivity index is 1.84. The fourth-order valence-electron chi connectivity index (χ4n) is 3.72. The van der Waals surface area contributed by atoms with Gasteiger partial charge in [-0.05, 0) is 62.9 Å². The average Bonchev–Trinajstić information content (AvgIpc) is 3.11. The number of fused-ring (bicyclic) bond motifs is 1. The lowest BCUT2D eigenvalue weighted by Gasteiger charge is -2.28. The third-order valence-electron chi connectivity index (χ3n) is 4.85. The van der Waals surface area contributed by atoms with Gasteiger partial charge in [0.15, 0.2) is 5.65 Å². The second-order valence-corrected chi connectivity index (χ2v) is 7.39. The number of hydrogen-bond donors (Lipinski definition) is 0. The van der Waals surface area contributed by atoms with E-state index in [0.717, 1.165) is 11.2 Å². The van der Waals surface area contributed by atoms with E-state index < -0.39 is 0 Å². The number of likely N-dealkylation sites (tertiary alicyclic amines) is 1. The molecule has 2 aliphatic heterocycles. The number of hydrogen-bond acceptors (Lipinski definition) is 4. The molecule has 0 spiro atoms. The molecule has 4 heterocycles. The molecule has 2 saturated heterocycles. The van der Waals surface area contributed by atoms with Gasteiger partial charge in [-0.25, -0.2) is 9.97 Å². The normalized spacial score (nSPS) is 24.9. The molecule has 5 heteroatoms. The number of nitrogens with zero attached hydrogens (tertiary/aromatic N) is 4. The Labute approximate surface area is 129 Å². The highest BCUT2D eigenvalue weighted by atomic mass is 32.2. The molecule has 0 aromatic carbocycles. The number of thioether (sulfide) groups is 1. The van der Waals surface area contributed by atoms with Crippen LogP contribution in [0.25, 0.3) is 11.2 Å². The summed E-state index contributed by atoms with van der Waals surface area (Å²) in [5.74, 6) is 3.77. The molecule has 0 aliphatic carbocycles. The Kier molecular flexibility index (Phi) is 3.63. The molecule has 4 rings (SSSR count). The van der Waals surface area contributed by atoms with E-state index in [0.29, 0.717) is 12.1 Å². The molecule has 2 aromatic heterocycles. The SMILES string of the molecule is CN1CCCC1c1nc2cccnc2n1C1CCSCC1. The monoisotopic (exact) mass is 302 g/mol. The molecule has 2 fully saturated rings. The fourth-order valence-corrected chi connectivity index (χ4v) is 4.80. The molecular formula is C16H22N4S. The molecule has 1 unspecified atom stereocenters. The van der Waals surface area contributed by atoms with Crippen molar-refractivity contribution in [2.75, 3.05) is 25.1 Å². The average molecular weight is 302 g/mol. The van der Waals surface area contributed by atoms with E-state index in [1.54, 1.807) is 0 Å². The van der Waals surface area contributed by atoms with Gasteiger partial charge >= 0.3 is 0 Å². The van der Waals surface area contributed by atoms with E-state index in [2.05, 4.69) is 39.3 Å². The molecular weight excluding hydrogens is 280 g/mol. The highest BCUT2D eigenvalue weighted by Gasteiger charge is 2.31. The largest absolute Gasteiger partial charge is 0.308 e. The smallest absolute Gasteiger partial charge is 0.160 e. The van der Waals surface area contributed by atoms with Gasteiger partial charge in [0.2, 0.25) is 0 Å².